The van der Waals surface area contributed by atoms with Crippen LogP contribution in [0.4, 0.5) is 5.69 Å². The van der Waals surface area contributed by atoms with Crippen molar-refractivity contribution in [2.24, 2.45) is 0 Å². The number of aliphatic hydroxyl groups is 1. The van der Waals surface area contributed by atoms with Crippen LogP contribution in [-0.4, -0.2) is 75.4 Å². The molecule has 0 unspecified atom stereocenters. The number of aromatic nitrogens is 2. The van der Waals surface area contributed by atoms with E-state index in [4.69, 9.17) is 32.7 Å². The second-order valence-electron chi connectivity index (χ2n) is 11.8. The van der Waals surface area contributed by atoms with E-state index < -0.39 is 11.6 Å². The third-order valence-electron chi connectivity index (χ3n) is 7.77. The van der Waals surface area contributed by atoms with Crippen molar-refractivity contribution in [2.75, 3.05) is 37.9 Å². The fourth-order valence-corrected chi connectivity index (χ4v) is 6.32. The monoisotopic (exact) mass is 650 g/mol. The molecule has 234 valence electrons. The van der Waals surface area contributed by atoms with Crippen LogP contribution >= 0.6 is 23.2 Å². The first-order chi connectivity index (χ1) is 21.5. The summed E-state index contributed by atoms with van der Waals surface area (Å²) in [5.74, 6) is -0.728. The summed E-state index contributed by atoms with van der Waals surface area (Å²) in [5, 5.41) is 24.6. The minimum atomic E-state index is -0.991. The SMILES string of the molecule is CC(C)(O)Cn1cc(-c2cc(Cl)c(C(=O)N3COc4c(cccc4-c4ccc(C(=O)O)c(N5CCOCC5)c4)C3)c(Cl)c2)cn1. The normalized spacial score (nSPS) is 15.0. The molecule has 1 amide bonds. The van der Waals surface area contributed by atoms with E-state index in [1.54, 1.807) is 55.2 Å². The largest absolute Gasteiger partial charge is 0.478 e. The Balaban J connectivity index is 1.25. The van der Waals surface area contributed by atoms with Gasteiger partial charge in [0.25, 0.3) is 5.91 Å². The van der Waals surface area contributed by atoms with Crippen LogP contribution in [0, 0.1) is 0 Å². The first-order valence-corrected chi connectivity index (χ1v) is 15.2. The zero-order valence-electron chi connectivity index (χ0n) is 24.8. The maximum absolute atomic E-state index is 13.7. The highest BCUT2D eigenvalue weighted by Gasteiger charge is 2.29. The van der Waals surface area contributed by atoms with E-state index in [2.05, 4.69) is 5.10 Å². The minimum Gasteiger partial charge on any atom is -0.478 e. The van der Waals surface area contributed by atoms with Crippen LogP contribution < -0.4 is 9.64 Å². The lowest BCUT2D eigenvalue weighted by Crippen LogP contribution is -2.37. The molecule has 1 saturated heterocycles. The molecule has 2 aliphatic rings. The highest BCUT2D eigenvalue weighted by atomic mass is 35.5. The number of hydrogen-bond acceptors (Lipinski definition) is 7. The summed E-state index contributed by atoms with van der Waals surface area (Å²) in [7, 11) is 0. The van der Waals surface area contributed by atoms with Gasteiger partial charge >= 0.3 is 5.97 Å². The molecule has 0 atom stereocenters. The number of carbonyl (C=O) groups excluding carboxylic acids is 1. The molecule has 1 fully saturated rings. The smallest absolute Gasteiger partial charge is 0.337 e. The molecule has 3 heterocycles. The van der Waals surface area contributed by atoms with Crippen molar-refractivity contribution >= 4 is 40.8 Å². The number of carboxylic acid groups (broad SMARTS) is 1. The van der Waals surface area contributed by atoms with E-state index in [0.717, 1.165) is 22.3 Å². The number of morpholine rings is 1. The molecule has 0 aliphatic carbocycles. The van der Waals surface area contributed by atoms with Gasteiger partial charge in [-0.25, -0.2) is 4.79 Å². The molecule has 0 saturated carbocycles. The number of amides is 1. The summed E-state index contributed by atoms with van der Waals surface area (Å²) in [5.41, 5.74) is 3.96. The summed E-state index contributed by atoms with van der Waals surface area (Å²) >= 11 is 13.3. The van der Waals surface area contributed by atoms with Gasteiger partial charge in [0, 0.05) is 36.0 Å². The molecule has 0 spiro atoms. The summed E-state index contributed by atoms with van der Waals surface area (Å²) in [6.07, 6.45) is 3.44. The molecule has 0 bridgehead atoms. The summed E-state index contributed by atoms with van der Waals surface area (Å²) < 4.78 is 13.3. The van der Waals surface area contributed by atoms with E-state index in [-0.39, 0.29) is 40.4 Å². The predicted octanol–water partition coefficient (Wildman–Crippen LogP) is 5.82. The Kier molecular flexibility index (Phi) is 8.49. The van der Waals surface area contributed by atoms with E-state index >= 15 is 0 Å². The van der Waals surface area contributed by atoms with Crippen LogP contribution in [0.1, 0.15) is 40.1 Å². The number of hydrogen-bond donors (Lipinski definition) is 2. The van der Waals surface area contributed by atoms with Gasteiger partial charge in [0.15, 0.2) is 6.73 Å². The highest BCUT2D eigenvalue weighted by Crippen LogP contribution is 2.40. The van der Waals surface area contributed by atoms with Gasteiger partial charge in [-0.1, -0.05) is 47.5 Å². The average molecular weight is 652 g/mol. The van der Waals surface area contributed by atoms with Crippen LogP contribution in [0.25, 0.3) is 22.3 Å². The fraction of sp³-hybridized carbons (Fsp3) is 0.303. The van der Waals surface area contributed by atoms with Gasteiger partial charge in [-0.15, -0.1) is 0 Å². The third kappa shape index (κ3) is 6.50. The summed E-state index contributed by atoms with van der Waals surface area (Å²) in [4.78, 5) is 29.2. The van der Waals surface area contributed by atoms with E-state index in [1.165, 1.54) is 4.90 Å². The quantitative estimate of drug-likeness (QED) is 0.257. The van der Waals surface area contributed by atoms with Gasteiger partial charge in [0.05, 0.1) is 65.0 Å². The van der Waals surface area contributed by atoms with Crippen molar-refractivity contribution in [1.82, 2.24) is 14.7 Å². The lowest BCUT2D eigenvalue weighted by atomic mass is 9.97. The van der Waals surface area contributed by atoms with Crippen molar-refractivity contribution in [2.45, 2.75) is 32.5 Å². The molecular weight excluding hydrogens is 619 g/mol. The fourth-order valence-electron chi connectivity index (χ4n) is 5.67. The van der Waals surface area contributed by atoms with Crippen molar-refractivity contribution in [3.05, 3.63) is 87.7 Å². The lowest BCUT2D eigenvalue weighted by Gasteiger charge is -2.32. The minimum absolute atomic E-state index is 0.0233. The lowest BCUT2D eigenvalue weighted by molar-refractivity contribution is 0.0515. The van der Waals surface area contributed by atoms with Crippen molar-refractivity contribution < 1.29 is 29.3 Å². The predicted molar refractivity (Wildman–Crippen MR) is 171 cm³/mol. The van der Waals surface area contributed by atoms with Gasteiger partial charge in [-0.05, 0) is 49.2 Å². The Morgan fingerprint density at radius 3 is 2.42 bits per heavy atom. The maximum Gasteiger partial charge on any atom is 0.337 e. The number of anilines is 1. The third-order valence-corrected chi connectivity index (χ3v) is 8.37. The van der Waals surface area contributed by atoms with Crippen LogP contribution in [0.2, 0.25) is 10.0 Å². The van der Waals surface area contributed by atoms with E-state index in [9.17, 15) is 19.8 Å². The zero-order chi connectivity index (χ0) is 31.9. The van der Waals surface area contributed by atoms with Crippen molar-refractivity contribution in [1.29, 1.82) is 0 Å². The number of ether oxygens (including phenoxy) is 2. The van der Waals surface area contributed by atoms with Crippen LogP contribution in [-0.2, 0) is 17.8 Å². The van der Waals surface area contributed by atoms with Gasteiger partial charge in [-0.2, -0.15) is 5.10 Å². The Labute approximate surface area is 270 Å². The first kappa shape index (κ1) is 30.9. The van der Waals surface area contributed by atoms with E-state index in [1.807, 2.05) is 29.2 Å². The van der Waals surface area contributed by atoms with Crippen LogP contribution in [0.15, 0.2) is 60.9 Å². The topological polar surface area (TPSA) is 117 Å². The number of carbonyl (C=O) groups is 2. The van der Waals surface area contributed by atoms with Gasteiger partial charge in [0.1, 0.15) is 5.75 Å². The molecule has 45 heavy (non-hydrogen) atoms. The van der Waals surface area contributed by atoms with Crippen molar-refractivity contribution in [3.8, 4) is 28.0 Å². The number of aromatic carboxylic acids is 1. The Hall–Kier alpha value is -4.09. The van der Waals surface area contributed by atoms with Gasteiger partial charge in [0.2, 0.25) is 0 Å². The second kappa shape index (κ2) is 12.4. The number of halogens is 2. The number of nitrogens with zero attached hydrogens (tertiary/aromatic N) is 4. The molecule has 4 aromatic rings. The number of carboxylic acids is 1. The Morgan fingerprint density at radius 2 is 1.73 bits per heavy atom. The number of fused-ring (bicyclic) bond motifs is 1. The Bertz CT molecular complexity index is 1750. The van der Waals surface area contributed by atoms with Crippen LogP contribution in [0.3, 0.4) is 0 Å². The zero-order valence-corrected chi connectivity index (χ0v) is 26.3. The van der Waals surface area contributed by atoms with Crippen molar-refractivity contribution in [3.63, 3.8) is 0 Å². The second-order valence-corrected chi connectivity index (χ2v) is 12.6. The molecule has 2 N–H and O–H groups in total. The molecule has 10 nitrogen and oxygen atoms in total. The number of rotatable bonds is 7. The summed E-state index contributed by atoms with van der Waals surface area (Å²) in [6.45, 7) is 6.22. The molecule has 6 rings (SSSR count). The number of para-hydroxylation sites is 1. The molecule has 12 heteroatoms. The first-order valence-electron chi connectivity index (χ1n) is 14.5. The molecule has 2 aliphatic heterocycles. The average Bonchev–Trinajstić information content (AvgIpc) is 3.47. The maximum atomic E-state index is 13.7. The molecule has 3 aromatic carbocycles. The van der Waals surface area contributed by atoms with E-state index in [0.29, 0.717) is 49.8 Å². The molecule has 0 radical (unpaired) electrons. The summed E-state index contributed by atoms with van der Waals surface area (Å²) in [6, 6.07) is 14.3. The standard InChI is InChI=1S/C33H32Cl2N4O6/c1-33(2,43)18-39-17-23(15-36-39)22-12-26(34)29(27(35)13-22)31(40)38-16-21-4-3-5-24(30(21)45-19-38)20-6-7-25(32(41)42)28(14-20)37-8-10-44-11-9-37/h3-7,12-15,17,43H,8-11,16,18-19H2,1-2H3,(H,41,42). The van der Waals surface area contributed by atoms with Gasteiger partial charge in [-0.3, -0.25) is 9.48 Å². The van der Waals surface area contributed by atoms with Crippen LogP contribution in [0.5, 0.6) is 5.75 Å². The highest BCUT2D eigenvalue weighted by molar-refractivity contribution is 6.40. The Morgan fingerprint density at radius 1 is 1.00 bits per heavy atom. The number of benzene rings is 3. The molecule has 1 aromatic heterocycles. The molecular formula is C33H32Cl2N4O6. The van der Waals surface area contributed by atoms with Gasteiger partial charge < -0.3 is 29.5 Å².